The van der Waals surface area contributed by atoms with Crippen molar-refractivity contribution in [2.75, 3.05) is 0 Å². The molecule has 0 N–H and O–H groups in total. The molecule has 0 saturated heterocycles. The second kappa shape index (κ2) is 5.53. The lowest BCUT2D eigenvalue weighted by Crippen LogP contribution is -2.20. The monoisotopic (exact) mass is 319 g/mol. The molecule has 1 aromatic carbocycles. The van der Waals surface area contributed by atoms with Crippen LogP contribution < -0.4 is 0 Å². The van der Waals surface area contributed by atoms with Gasteiger partial charge in [-0.2, -0.15) is 18.4 Å². The molecule has 1 unspecified atom stereocenters. The molecule has 0 fully saturated rings. The van der Waals surface area contributed by atoms with Crippen molar-refractivity contribution in [2.24, 2.45) is 0 Å². The predicted octanol–water partition coefficient (Wildman–Crippen LogP) is 3.74. The highest BCUT2D eigenvalue weighted by atomic mass is 79.9. The van der Waals surface area contributed by atoms with E-state index in [-0.39, 0.29) is 12.0 Å². The first-order chi connectivity index (χ1) is 8.29. The van der Waals surface area contributed by atoms with Gasteiger partial charge in [0.2, 0.25) is 0 Å². The van der Waals surface area contributed by atoms with E-state index in [2.05, 4.69) is 15.9 Å². The summed E-state index contributed by atoms with van der Waals surface area (Å²) in [5.41, 5.74) is -1.31. The number of carbonyl (C=O) groups excluding carboxylic acids is 1. The van der Waals surface area contributed by atoms with Gasteiger partial charge in [-0.3, -0.25) is 4.79 Å². The molecule has 0 aromatic heterocycles. The van der Waals surface area contributed by atoms with Gasteiger partial charge in [0.05, 0.1) is 22.9 Å². The van der Waals surface area contributed by atoms with E-state index in [1.165, 1.54) is 19.1 Å². The molecule has 0 radical (unpaired) electrons. The molecule has 0 aliphatic rings. The number of Topliss-reactive ketones (excluding diaryl/α,β-unsaturated/α-hetero) is 1. The van der Waals surface area contributed by atoms with Gasteiger partial charge in [0.15, 0.2) is 5.78 Å². The van der Waals surface area contributed by atoms with Crippen LogP contribution in [0.1, 0.15) is 28.4 Å². The number of alkyl halides is 4. The first kappa shape index (κ1) is 14.7. The van der Waals surface area contributed by atoms with Crippen LogP contribution in [0, 0.1) is 11.3 Å². The Morgan fingerprint density at radius 3 is 2.56 bits per heavy atom. The van der Waals surface area contributed by atoms with E-state index < -0.39 is 27.9 Å². The topological polar surface area (TPSA) is 40.9 Å². The smallest absolute Gasteiger partial charge is 0.293 e. The van der Waals surface area contributed by atoms with Crippen LogP contribution >= 0.6 is 15.9 Å². The minimum atomic E-state index is -4.61. The summed E-state index contributed by atoms with van der Waals surface area (Å²) in [5, 5.41) is 8.60. The maximum Gasteiger partial charge on any atom is 0.417 e. The first-order valence-corrected chi connectivity index (χ1v) is 5.95. The van der Waals surface area contributed by atoms with E-state index >= 15 is 0 Å². The fourth-order valence-electron chi connectivity index (χ4n) is 1.56. The van der Waals surface area contributed by atoms with Crippen molar-refractivity contribution in [3.8, 4) is 6.07 Å². The van der Waals surface area contributed by atoms with Gasteiger partial charge in [-0.1, -0.05) is 28.1 Å². The molecule has 96 valence electrons. The van der Waals surface area contributed by atoms with Gasteiger partial charge < -0.3 is 0 Å². The van der Waals surface area contributed by atoms with Crippen LogP contribution in [0.3, 0.4) is 0 Å². The van der Waals surface area contributed by atoms with Crippen LogP contribution in [0.15, 0.2) is 18.2 Å². The summed E-state index contributed by atoms with van der Waals surface area (Å²) in [7, 11) is 0. The van der Waals surface area contributed by atoms with Crippen LogP contribution in [0.25, 0.3) is 0 Å². The lowest BCUT2D eigenvalue weighted by molar-refractivity contribution is -0.138. The maximum absolute atomic E-state index is 12.8. The van der Waals surface area contributed by atoms with E-state index in [1.807, 2.05) is 0 Å². The summed E-state index contributed by atoms with van der Waals surface area (Å²) in [6, 6.07) is 5.17. The van der Waals surface area contributed by atoms with Gasteiger partial charge in [0.1, 0.15) is 0 Å². The molecular formula is C12H9BrF3NO. The molecule has 0 heterocycles. The van der Waals surface area contributed by atoms with Crippen LogP contribution in [0.2, 0.25) is 0 Å². The number of rotatable bonds is 3. The molecule has 0 bridgehead atoms. The number of benzene rings is 1. The molecule has 0 aliphatic carbocycles. The van der Waals surface area contributed by atoms with Gasteiger partial charge in [-0.05, 0) is 18.6 Å². The molecular weight excluding hydrogens is 311 g/mol. The second-order valence-electron chi connectivity index (χ2n) is 3.65. The standard InChI is InChI=1S/C12H9BrF3NO/c1-7(13)11(18)10-8(5-6-17)3-2-4-9(10)12(14,15)16/h2-4,7H,5H2,1H3. The van der Waals surface area contributed by atoms with Crippen molar-refractivity contribution in [3.63, 3.8) is 0 Å². The zero-order valence-corrected chi connectivity index (χ0v) is 11.0. The number of ketones is 1. The highest BCUT2D eigenvalue weighted by molar-refractivity contribution is 9.10. The van der Waals surface area contributed by atoms with Crippen molar-refractivity contribution in [2.45, 2.75) is 24.3 Å². The van der Waals surface area contributed by atoms with E-state index in [0.717, 1.165) is 6.07 Å². The van der Waals surface area contributed by atoms with Gasteiger partial charge in [-0.25, -0.2) is 0 Å². The lowest BCUT2D eigenvalue weighted by atomic mass is 9.94. The summed E-state index contributed by atoms with van der Waals surface area (Å²) < 4.78 is 38.5. The Kier molecular flexibility index (Phi) is 4.52. The van der Waals surface area contributed by atoms with Gasteiger partial charge in [0, 0.05) is 5.56 Å². The third-order valence-electron chi connectivity index (χ3n) is 2.33. The molecule has 2 nitrogen and oxygen atoms in total. The Hall–Kier alpha value is -1.35. The number of carbonyl (C=O) groups is 1. The van der Waals surface area contributed by atoms with E-state index in [4.69, 9.17) is 5.26 Å². The normalized spacial score (nSPS) is 12.9. The number of nitriles is 1. The third kappa shape index (κ3) is 3.10. The second-order valence-corrected chi connectivity index (χ2v) is 5.03. The molecule has 0 saturated carbocycles. The Labute approximate surface area is 111 Å². The van der Waals surface area contributed by atoms with Crippen molar-refractivity contribution in [3.05, 3.63) is 34.9 Å². The average molecular weight is 320 g/mol. The minimum Gasteiger partial charge on any atom is -0.293 e. The van der Waals surface area contributed by atoms with Crippen molar-refractivity contribution >= 4 is 21.7 Å². The lowest BCUT2D eigenvalue weighted by Gasteiger charge is -2.15. The predicted molar refractivity (Wildman–Crippen MR) is 63.5 cm³/mol. The van der Waals surface area contributed by atoms with Gasteiger partial charge in [-0.15, -0.1) is 0 Å². The van der Waals surface area contributed by atoms with Crippen LogP contribution in [0.4, 0.5) is 13.2 Å². The highest BCUT2D eigenvalue weighted by Gasteiger charge is 2.36. The third-order valence-corrected chi connectivity index (χ3v) is 2.75. The zero-order chi connectivity index (χ0) is 13.9. The summed E-state index contributed by atoms with van der Waals surface area (Å²) >= 11 is 2.96. The van der Waals surface area contributed by atoms with Crippen LogP contribution in [-0.4, -0.2) is 10.6 Å². The quantitative estimate of drug-likeness (QED) is 0.629. The molecule has 1 aromatic rings. The van der Waals surface area contributed by atoms with Crippen LogP contribution in [-0.2, 0) is 12.6 Å². The SMILES string of the molecule is CC(Br)C(=O)c1c(CC#N)cccc1C(F)(F)F. The summed E-state index contributed by atoms with van der Waals surface area (Å²) in [5.74, 6) is -0.673. The molecule has 0 spiro atoms. The zero-order valence-electron chi connectivity index (χ0n) is 9.38. The van der Waals surface area contributed by atoms with Crippen molar-refractivity contribution in [1.29, 1.82) is 5.26 Å². The summed E-state index contributed by atoms with van der Waals surface area (Å²) in [4.78, 5) is 11.1. The molecule has 0 amide bonds. The number of hydrogen-bond acceptors (Lipinski definition) is 2. The molecule has 6 heteroatoms. The molecule has 18 heavy (non-hydrogen) atoms. The average Bonchev–Trinajstić information content (AvgIpc) is 2.27. The fraction of sp³-hybridized carbons (Fsp3) is 0.333. The maximum atomic E-state index is 12.8. The van der Waals surface area contributed by atoms with E-state index in [9.17, 15) is 18.0 Å². The first-order valence-electron chi connectivity index (χ1n) is 5.03. The molecule has 0 aliphatic heterocycles. The number of hydrogen-bond donors (Lipinski definition) is 0. The summed E-state index contributed by atoms with van der Waals surface area (Å²) in [6.07, 6.45) is -4.84. The van der Waals surface area contributed by atoms with E-state index in [0.29, 0.717) is 0 Å². The Morgan fingerprint density at radius 2 is 2.11 bits per heavy atom. The van der Waals surface area contributed by atoms with Crippen molar-refractivity contribution in [1.82, 2.24) is 0 Å². The van der Waals surface area contributed by atoms with Gasteiger partial charge in [0.25, 0.3) is 0 Å². The molecule has 1 atom stereocenters. The minimum absolute atomic E-state index is 0.101. The Bertz CT molecular complexity index is 503. The number of nitrogens with zero attached hydrogens (tertiary/aromatic N) is 1. The van der Waals surface area contributed by atoms with Crippen molar-refractivity contribution < 1.29 is 18.0 Å². The largest absolute Gasteiger partial charge is 0.417 e. The summed E-state index contributed by atoms with van der Waals surface area (Å²) in [6.45, 7) is 1.45. The Balaban J connectivity index is 3.50. The Morgan fingerprint density at radius 1 is 1.50 bits per heavy atom. The molecule has 1 rings (SSSR count). The number of halogens is 4. The van der Waals surface area contributed by atoms with Crippen LogP contribution in [0.5, 0.6) is 0 Å². The fourth-order valence-corrected chi connectivity index (χ4v) is 1.79. The van der Waals surface area contributed by atoms with E-state index in [1.54, 1.807) is 6.07 Å². The highest BCUT2D eigenvalue weighted by Crippen LogP contribution is 2.34. The van der Waals surface area contributed by atoms with Gasteiger partial charge >= 0.3 is 6.18 Å².